The molecule has 0 fully saturated rings. The van der Waals surface area contributed by atoms with E-state index in [0.29, 0.717) is 17.9 Å². The molecule has 2 nitrogen and oxygen atoms in total. The molecule has 0 atom stereocenters. The van der Waals surface area contributed by atoms with Gasteiger partial charge in [-0.3, -0.25) is 0 Å². The predicted molar refractivity (Wildman–Crippen MR) is 70.1 cm³/mol. The number of nitrogens with zero attached hydrogens (tertiary/aromatic N) is 1. The number of unbranched alkanes of at least 4 members (excludes halogenated alkanes) is 4. The van der Waals surface area contributed by atoms with Gasteiger partial charge in [-0.25, -0.2) is 0 Å². The third kappa shape index (κ3) is 4.91. The van der Waals surface area contributed by atoms with Crippen LogP contribution in [0.4, 0.5) is 0 Å². The molecule has 1 aromatic rings. The fraction of sp³-hybridized carbons (Fsp3) is 0.533. The van der Waals surface area contributed by atoms with Crippen LogP contribution >= 0.6 is 0 Å². The van der Waals surface area contributed by atoms with Gasteiger partial charge in [0.05, 0.1) is 12.2 Å². The average Bonchev–Trinajstić information content (AvgIpc) is 2.35. The van der Waals surface area contributed by atoms with Crippen molar-refractivity contribution in [1.82, 2.24) is 0 Å². The summed E-state index contributed by atoms with van der Waals surface area (Å²) in [5, 5.41) is 8.99. The Kier molecular flexibility index (Phi) is 6.17. The minimum atomic E-state index is 0.638. The molecular formula is C15H21NO. The van der Waals surface area contributed by atoms with E-state index in [0.717, 1.165) is 12.0 Å². The van der Waals surface area contributed by atoms with Crippen molar-refractivity contribution in [2.24, 2.45) is 0 Å². The van der Waals surface area contributed by atoms with Crippen molar-refractivity contribution in [3.63, 3.8) is 0 Å². The first kappa shape index (κ1) is 13.6. The molecule has 0 aliphatic carbocycles. The lowest BCUT2D eigenvalue weighted by atomic mass is 10.1. The van der Waals surface area contributed by atoms with Crippen LogP contribution in [0.15, 0.2) is 18.2 Å². The summed E-state index contributed by atoms with van der Waals surface area (Å²) < 4.78 is 5.64. The number of aryl methyl sites for hydroxylation is 1. The van der Waals surface area contributed by atoms with E-state index in [4.69, 9.17) is 10.00 Å². The van der Waals surface area contributed by atoms with Gasteiger partial charge in [-0.1, -0.05) is 38.7 Å². The summed E-state index contributed by atoms with van der Waals surface area (Å²) in [4.78, 5) is 0. The summed E-state index contributed by atoms with van der Waals surface area (Å²) >= 11 is 0. The van der Waals surface area contributed by atoms with Crippen LogP contribution < -0.4 is 4.74 Å². The molecule has 0 aliphatic heterocycles. The molecule has 0 N–H and O–H groups in total. The zero-order valence-electron chi connectivity index (χ0n) is 10.8. The topological polar surface area (TPSA) is 33.0 Å². The van der Waals surface area contributed by atoms with Crippen molar-refractivity contribution in [2.45, 2.75) is 46.0 Å². The highest BCUT2D eigenvalue weighted by Crippen LogP contribution is 2.19. The maximum atomic E-state index is 8.99. The molecule has 92 valence electrons. The first-order valence-corrected chi connectivity index (χ1v) is 6.41. The Morgan fingerprint density at radius 2 is 1.94 bits per heavy atom. The molecule has 0 radical (unpaired) electrons. The SMILES string of the molecule is CCCCCCCOc1ccc(C)cc1C#N. The van der Waals surface area contributed by atoms with Crippen molar-refractivity contribution >= 4 is 0 Å². The van der Waals surface area contributed by atoms with E-state index in [1.54, 1.807) is 0 Å². The molecule has 0 spiro atoms. The lowest BCUT2D eigenvalue weighted by molar-refractivity contribution is 0.303. The summed E-state index contributed by atoms with van der Waals surface area (Å²) in [5.41, 5.74) is 1.73. The summed E-state index contributed by atoms with van der Waals surface area (Å²) in [6.45, 7) is 4.90. The smallest absolute Gasteiger partial charge is 0.137 e. The number of hydrogen-bond donors (Lipinski definition) is 0. The van der Waals surface area contributed by atoms with Crippen LogP contribution in [0.2, 0.25) is 0 Å². The average molecular weight is 231 g/mol. The van der Waals surface area contributed by atoms with Gasteiger partial charge in [0.15, 0.2) is 0 Å². The van der Waals surface area contributed by atoms with Gasteiger partial charge >= 0.3 is 0 Å². The van der Waals surface area contributed by atoms with Gasteiger partial charge in [0.25, 0.3) is 0 Å². The van der Waals surface area contributed by atoms with E-state index in [2.05, 4.69) is 13.0 Å². The summed E-state index contributed by atoms with van der Waals surface area (Å²) in [6, 6.07) is 7.91. The Morgan fingerprint density at radius 1 is 1.18 bits per heavy atom. The quantitative estimate of drug-likeness (QED) is 0.658. The van der Waals surface area contributed by atoms with E-state index < -0.39 is 0 Å². The van der Waals surface area contributed by atoms with Crippen LogP contribution in [-0.2, 0) is 0 Å². The van der Waals surface area contributed by atoms with Crippen LogP contribution in [0.25, 0.3) is 0 Å². The van der Waals surface area contributed by atoms with Crippen LogP contribution in [0, 0.1) is 18.3 Å². The lowest BCUT2D eigenvalue weighted by Crippen LogP contribution is -1.99. The number of hydrogen-bond acceptors (Lipinski definition) is 2. The molecule has 17 heavy (non-hydrogen) atoms. The standard InChI is InChI=1S/C15H21NO/c1-3-4-5-6-7-10-17-15-9-8-13(2)11-14(15)12-16/h8-9,11H,3-7,10H2,1-2H3. The minimum absolute atomic E-state index is 0.638. The molecule has 1 rings (SSSR count). The molecule has 0 bridgehead atoms. The number of ether oxygens (including phenoxy) is 1. The van der Waals surface area contributed by atoms with Crippen LogP contribution in [-0.4, -0.2) is 6.61 Å². The van der Waals surface area contributed by atoms with Crippen molar-refractivity contribution in [2.75, 3.05) is 6.61 Å². The minimum Gasteiger partial charge on any atom is -0.492 e. The van der Waals surface area contributed by atoms with E-state index in [9.17, 15) is 0 Å². The Hall–Kier alpha value is -1.49. The first-order chi connectivity index (χ1) is 8.27. The van der Waals surface area contributed by atoms with Gasteiger partial charge < -0.3 is 4.74 Å². The fourth-order valence-corrected chi connectivity index (χ4v) is 1.74. The number of rotatable bonds is 7. The highest BCUT2D eigenvalue weighted by molar-refractivity contribution is 5.45. The van der Waals surface area contributed by atoms with Crippen molar-refractivity contribution in [3.8, 4) is 11.8 Å². The number of benzene rings is 1. The van der Waals surface area contributed by atoms with Gasteiger partial charge in [0.1, 0.15) is 11.8 Å². The zero-order valence-corrected chi connectivity index (χ0v) is 10.8. The van der Waals surface area contributed by atoms with Crippen molar-refractivity contribution in [1.29, 1.82) is 5.26 Å². The van der Waals surface area contributed by atoms with Crippen molar-refractivity contribution < 1.29 is 4.74 Å². The molecule has 0 heterocycles. The van der Waals surface area contributed by atoms with E-state index >= 15 is 0 Å². The molecule has 0 unspecified atom stereocenters. The Bertz CT molecular complexity index is 379. The lowest BCUT2D eigenvalue weighted by Gasteiger charge is -2.08. The van der Waals surface area contributed by atoms with E-state index in [-0.39, 0.29) is 0 Å². The van der Waals surface area contributed by atoms with Gasteiger partial charge in [-0.2, -0.15) is 5.26 Å². The third-order valence-electron chi connectivity index (χ3n) is 2.76. The van der Waals surface area contributed by atoms with Crippen LogP contribution in [0.3, 0.4) is 0 Å². The van der Waals surface area contributed by atoms with Gasteiger partial charge in [-0.15, -0.1) is 0 Å². The van der Waals surface area contributed by atoms with Crippen LogP contribution in [0.5, 0.6) is 5.75 Å². The molecule has 0 aromatic heterocycles. The normalized spacial score (nSPS) is 9.94. The largest absolute Gasteiger partial charge is 0.492 e. The highest BCUT2D eigenvalue weighted by Gasteiger charge is 2.02. The molecule has 0 saturated heterocycles. The monoisotopic (exact) mass is 231 g/mol. The Morgan fingerprint density at radius 3 is 2.65 bits per heavy atom. The maximum absolute atomic E-state index is 8.99. The molecule has 0 amide bonds. The second-order valence-corrected chi connectivity index (χ2v) is 4.37. The third-order valence-corrected chi connectivity index (χ3v) is 2.76. The summed E-state index contributed by atoms with van der Waals surface area (Å²) in [5.74, 6) is 0.716. The molecular weight excluding hydrogens is 210 g/mol. The molecule has 1 aromatic carbocycles. The van der Waals surface area contributed by atoms with Crippen molar-refractivity contribution in [3.05, 3.63) is 29.3 Å². The predicted octanol–water partition coefficient (Wildman–Crippen LogP) is 4.22. The fourth-order valence-electron chi connectivity index (χ4n) is 1.74. The summed E-state index contributed by atoms with van der Waals surface area (Å²) in [7, 11) is 0. The zero-order chi connectivity index (χ0) is 12.5. The summed E-state index contributed by atoms with van der Waals surface area (Å²) in [6.07, 6.45) is 6.12. The highest BCUT2D eigenvalue weighted by atomic mass is 16.5. The molecule has 0 aliphatic rings. The number of nitriles is 1. The van der Waals surface area contributed by atoms with E-state index in [1.807, 2.05) is 25.1 Å². The Balaban J connectivity index is 2.34. The second-order valence-electron chi connectivity index (χ2n) is 4.37. The van der Waals surface area contributed by atoms with Crippen LogP contribution in [0.1, 0.15) is 50.2 Å². The molecule has 2 heteroatoms. The van der Waals surface area contributed by atoms with Gasteiger partial charge in [-0.05, 0) is 31.0 Å². The van der Waals surface area contributed by atoms with Gasteiger partial charge in [0.2, 0.25) is 0 Å². The van der Waals surface area contributed by atoms with E-state index in [1.165, 1.54) is 25.7 Å². The first-order valence-electron chi connectivity index (χ1n) is 6.41. The molecule has 0 saturated carbocycles. The van der Waals surface area contributed by atoms with Gasteiger partial charge in [0, 0.05) is 0 Å². The second kappa shape index (κ2) is 7.73. The maximum Gasteiger partial charge on any atom is 0.137 e. The Labute approximate surface area is 104 Å².